The summed E-state index contributed by atoms with van der Waals surface area (Å²) in [4.78, 5) is 10.9. The Balaban J connectivity index is 3.26. The number of carbonyl (C=O) groups excluding carboxylic acids is 1. The number of amides is 1. The van der Waals surface area contributed by atoms with E-state index in [9.17, 15) is 48.0 Å². The van der Waals surface area contributed by atoms with Crippen LogP contribution in [0.15, 0.2) is 0 Å². The third-order valence-electron chi connectivity index (χ3n) is 3.58. The second kappa shape index (κ2) is 6.24. The van der Waals surface area contributed by atoms with Crippen LogP contribution in [0, 0.1) is 5.92 Å². The van der Waals surface area contributed by atoms with Gasteiger partial charge in [0.1, 0.15) is 0 Å². The van der Waals surface area contributed by atoms with E-state index in [1.807, 2.05) is 0 Å². The Bertz CT molecular complexity index is 745. The molecule has 0 aromatic heterocycles. The summed E-state index contributed by atoms with van der Waals surface area (Å²) in [5, 5.41) is -13.3. The quantitative estimate of drug-likeness (QED) is 0.465. The van der Waals surface area contributed by atoms with E-state index in [0.717, 1.165) is 0 Å². The second-order valence-electron chi connectivity index (χ2n) is 5.16. The summed E-state index contributed by atoms with van der Waals surface area (Å²) < 4.78 is 132. The molecule has 0 radical (unpaired) electrons. The number of hydrogen-bond donors (Lipinski definition) is 2. The van der Waals surface area contributed by atoms with Gasteiger partial charge in [0.05, 0.1) is 0 Å². The van der Waals surface area contributed by atoms with Gasteiger partial charge < -0.3 is 5.73 Å². The van der Waals surface area contributed by atoms with Crippen LogP contribution in [0.1, 0.15) is 12.8 Å². The number of nitrogens with two attached hydrogens (primary N) is 1. The van der Waals surface area contributed by atoms with E-state index in [0.29, 0.717) is 0 Å². The van der Waals surface area contributed by atoms with Crippen molar-refractivity contribution in [2.24, 2.45) is 11.7 Å². The van der Waals surface area contributed by atoms with E-state index in [1.165, 1.54) is 0 Å². The van der Waals surface area contributed by atoms with Crippen LogP contribution in [0.3, 0.4) is 0 Å². The Morgan fingerprint density at radius 2 is 1.36 bits per heavy atom. The molecule has 0 atom stereocenters. The summed E-state index contributed by atoms with van der Waals surface area (Å²) >= 11 is 0. The summed E-state index contributed by atoms with van der Waals surface area (Å²) in [6.07, 6.45) is -0.851. The molecule has 1 heterocycles. The van der Waals surface area contributed by atoms with E-state index < -0.39 is 74.3 Å². The van der Waals surface area contributed by atoms with Crippen LogP contribution < -0.4 is 5.73 Å². The molecule has 0 bridgehead atoms. The fraction of sp³-hybridized carbons (Fsp3) is 0.889. The molecule has 0 aliphatic carbocycles. The van der Waals surface area contributed by atoms with E-state index in [4.69, 9.17) is 10.3 Å². The van der Waals surface area contributed by atoms with Crippen molar-refractivity contribution >= 4 is 26.0 Å². The number of nitrogens with zero attached hydrogens (tertiary/aromatic N) is 1. The molecule has 0 aromatic carbocycles. The molecule has 3 N–H and O–H groups in total. The average Bonchev–Trinajstić information content (AvgIpc) is 2.45. The molecule has 16 heteroatoms. The van der Waals surface area contributed by atoms with E-state index in [2.05, 4.69) is 0 Å². The molecule has 1 amide bonds. The van der Waals surface area contributed by atoms with Crippen LogP contribution in [0.4, 0.5) is 26.3 Å². The van der Waals surface area contributed by atoms with Gasteiger partial charge in [0.15, 0.2) is 0 Å². The van der Waals surface area contributed by atoms with Crippen molar-refractivity contribution in [3.05, 3.63) is 0 Å². The molecule has 1 aliphatic heterocycles. The largest absolute Gasteiger partial charge is 0.439 e. The van der Waals surface area contributed by atoms with Crippen LogP contribution in [0.2, 0.25) is 0 Å². The first-order valence-electron chi connectivity index (χ1n) is 6.30. The normalized spacial score (nSPS) is 19.8. The fourth-order valence-corrected chi connectivity index (χ4v) is 4.02. The highest BCUT2D eigenvalue weighted by atomic mass is 32.2. The number of halogens is 6. The Kier molecular flexibility index (Phi) is 5.47. The third-order valence-corrected chi connectivity index (χ3v) is 6.43. The Morgan fingerprint density at radius 3 is 1.68 bits per heavy atom. The molecule has 1 aliphatic rings. The van der Waals surface area contributed by atoms with Crippen molar-refractivity contribution in [3.63, 3.8) is 0 Å². The van der Waals surface area contributed by atoms with Crippen molar-refractivity contribution in [2.45, 2.75) is 29.3 Å². The first-order valence-corrected chi connectivity index (χ1v) is 9.18. The molecule has 0 aromatic rings. The predicted molar refractivity (Wildman–Crippen MR) is 68.8 cm³/mol. The van der Waals surface area contributed by atoms with Crippen LogP contribution >= 0.6 is 0 Å². The van der Waals surface area contributed by atoms with Crippen molar-refractivity contribution in [1.82, 2.24) is 4.31 Å². The number of piperidine rings is 1. The lowest BCUT2D eigenvalue weighted by atomic mass is 9.98. The zero-order valence-corrected chi connectivity index (χ0v) is 13.6. The monoisotopic (exact) mass is 422 g/mol. The number of rotatable bonds is 6. The second-order valence-corrected chi connectivity index (χ2v) is 8.61. The zero-order chi connectivity index (χ0) is 20.1. The molecule has 25 heavy (non-hydrogen) atoms. The molecular formula is C9H12F6N2O6S2. The summed E-state index contributed by atoms with van der Waals surface area (Å²) in [6.45, 7) is -1.81. The predicted octanol–water partition coefficient (Wildman–Crippen LogP) is 0.222. The van der Waals surface area contributed by atoms with Crippen molar-refractivity contribution in [1.29, 1.82) is 0 Å². The topological polar surface area (TPSA) is 135 Å². The van der Waals surface area contributed by atoms with Gasteiger partial charge in [0.25, 0.3) is 10.0 Å². The molecule has 148 valence electrons. The third kappa shape index (κ3) is 3.31. The lowest BCUT2D eigenvalue weighted by Crippen LogP contribution is -2.63. The summed E-state index contributed by atoms with van der Waals surface area (Å²) in [7, 11) is -13.5. The highest BCUT2D eigenvalue weighted by Crippen LogP contribution is 2.51. The summed E-state index contributed by atoms with van der Waals surface area (Å²) in [6, 6.07) is 0. The lowest BCUT2D eigenvalue weighted by molar-refractivity contribution is -0.247. The molecule has 1 fully saturated rings. The average molecular weight is 422 g/mol. The standard InChI is InChI=1S/C9H12F6N2O6S2/c10-7(11,9(14,15)25(21,22)23)8(12,13)24(19,20)17-3-1-5(2-4-17)6(16)18/h5H,1-4H2,(H2,16,18)(H,21,22,23). The van der Waals surface area contributed by atoms with Crippen LogP contribution in [-0.2, 0) is 24.9 Å². The molecule has 0 unspecified atom stereocenters. The first-order chi connectivity index (χ1) is 10.9. The molecule has 1 saturated heterocycles. The molecular weight excluding hydrogens is 410 g/mol. The minimum atomic E-state index is -7.06. The Labute approximate surface area is 137 Å². The SMILES string of the molecule is NC(=O)C1CCN(S(=O)(=O)C(F)(F)C(F)(F)C(F)(F)S(=O)(=O)O)CC1. The van der Waals surface area contributed by atoms with Gasteiger partial charge >= 0.3 is 26.5 Å². The van der Waals surface area contributed by atoms with E-state index in [-0.39, 0.29) is 4.31 Å². The molecule has 1 rings (SSSR count). The van der Waals surface area contributed by atoms with Crippen molar-refractivity contribution < 1.29 is 52.5 Å². The number of carbonyl (C=O) groups is 1. The number of primary amides is 1. The highest BCUT2D eigenvalue weighted by Gasteiger charge is 2.82. The van der Waals surface area contributed by atoms with Crippen LogP contribution in [-0.4, -0.2) is 61.1 Å². The summed E-state index contributed by atoms with van der Waals surface area (Å²) in [5.74, 6) is -8.81. The van der Waals surface area contributed by atoms with Crippen LogP contribution in [0.25, 0.3) is 0 Å². The van der Waals surface area contributed by atoms with Gasteiger partial charge in [-0.25, -0.2) is 8.42 Å². The van der Waals surface area contributed by atoms with Gasteiger partial charge in [-0.1, -0.05) is 0 Å². The zero-order valence-electron chi connectivity index (χ0n) is 12.0. The van der Waals surface area contributed by atoms with Gasteiger partial charge in [0.2, 0.25) is 5.91 Å². The molecule has 8 nitrogen and oxygen atoms in total. The van der Waals surface area contributed by atoms with E-state index in [1.54, 1.807) is 0 Å². The lowest BCUT2D eigenvalue weighted by Gasteiger charge is -2.36. The maximum absolute atomic E-state index is 13.7. The minimum absolute atomic E-state index is 0.277. The molecule has 0 saturated carbocycles. The minimum Gasteiger partial charge on any atom is -0.369 e. The number of sulfonamides is 1. The maximum atomic E-state index is 13.7. The highest BCUT2D eigenvalue weighted by molar-refractivity contribution is 7.90. The van der Waals surface area contributed by atoms with E-state index >= 15 is 0 Å². The Hall–Kier alpha value is -1.13. The van der Waals surface area contributed by atoms with Gasteiger partial charge in [-0.05, 0) is 12.8 Å². The van der Waals surface area contributed by atoms with Gasteiger partial charge in [-0.15, -0.1) is 0 Å². The van der Waals surface area contributed by atoms with Gasteiger partial charge in [-0.2, -0.15) is 39.1 Å². The fourth-order valence-electron chi connectivity index (χ4n) is 2.04. The Morgan fingerprint density at radius 1 is 0.960 bits per heavy atom. The summed E-state index contributed by atoms with van der Waals surface area (Å²) in [5.41, 5.74) is 4.91. The van der Waals surface area contributed by atoms with Gasteiger partial charge in [0, 0.05) is 19.0 Å². The van der Waals surface area contributed by atoms with Crippen LogP contribution in [0.5, 0.6) is 0 Å². The number of hydrogen-bond acceptors (Lipinski definition) is 5. The number of alkyl halides is 6. The smallest absolute Gasteiger partial charge is 0.369 e. The maximum Gasteiger partial charge on any atom is 0.439 e. The molecule has 0 spiro atoms. The van der Waals surface area contributed by atoms with Gasteiger partial charge in [-0.3, -0.25) is 9.35 Å². The first kappa shape index (κ1) is 21.9. The van der Waals surface area contributed by atoms with Crippen molar-refractivity contribution in [3.8, 4) is 0 Å². The van der Waals surface area contributed by atoms with Crippen molar-refractivity contribution in [2.75, 3.05) is 13.1 Å².